The summed E-state index contributed by atoms with van der Waals surface area (Å²) in [4.78, 5) is 12.6. The topological polar surface area (TPSA) is 175 Å². The van der Waals surface area contributed by atoms with Crippen molar-refractivity contribution in [2.24, 2.45) is 0 Å². The highest BCUT2D eigenvalue weighted by molar-refractivity contribution is 5.87. The number of hydrogen-bond acceptors (Lipinski definition) is 11. The summed E-state index contributed by atoms with van der Waals surface area (Å²) in [5, 5.41) is 60.3. The molecule has 0 spiro atoms. The lowest BCUT2D eigenvalue weighted by Gasteiger charge is -2.41. The lowest BCUT2D eigenvalue weighted by molar-refractivity contribution is -0.281. The predicted molar refractivity (Wildman–Crippen MR) is 147 cm³/mol. The van der Waals surface area contributed by atoms with Gasteiger partial charge in [0.15, 0.2) is 17.6 Å². The fraction of sp³-hybridized carbons (Fsp3) is 0.233. The molecule has 0 aliphatic carbocycles. The van der Waals surface area contributed by atoms with Crippen LogP contribution in [0.5, 0.6) is 28.7 Å². The molecular weight excluding hydrogens is 536 g/mol. The van der Waals surface area contributed by atoms with Gasteiger partial charge in [0.1, 0.15) is 35.6 Å². The molecule has 3 aromatic carbocycles. The Hall–Kier alpha value is -4.55. The van der Waals surface area contributed by atoms with Crippen molar-refractivity contribution in [3.8, 4) is 28.7 Å². The van der Waals surface area contributed by atoms with Crippen LogP contribution >= 0.6 is 0 Å². The van der Waals surface area contributed by atoms with Crippen LogP contribution in [-0.4, -0.2) is 81.0 Å². The Morgan fingerprint density at radius 1 is 0.854 bits per heavy atom. The maximum absolute atomic E-state index is 12.6. The molecule has 5 atom stereocenters. The van der Waals surface area contributed by atoms with Crippen LogP contribution < -0.4 is 9.47 Å². The van der Waals surface area contributed by atoms with E-state index in [0.29, 0.717) is 22.4 Å². The van der Waals surface area contributed by atoms with Crippen molar-refractivity contribution in [2.75, 3.05) is 13.7 Å². The number of rotatable bonds is 9. The number of benzene rings is 3. The number of phenols is 3. The standard InChI is InChI=1S/C30H30O11/c1-38-24-10-6-18(14-23(24)34)2-3-19-12-21(33)15-22(13-19)39-30-29(28(37)27(36)25(16-31)40-30)41-26(35)11-7-17-4-8-20(32)9-5-17/h2-15,25,27-34,36-37H,16H2,1H3/t25-,27-,28+,29-,30-/m1/s1. The Kier molecular flexibility index (Phi) is 9.48. The van der Waals surface area contributed by atoms with Gasteiger partial charge in [-0.25, -0.2) is 4.79 Å². The van der Waals surface area contributed by atoms with Crippen LogP contribution in [0.15, 0.2) is 66.7 Å². The molecule has 0 amide bonds. The molecule has 0 saturated carbocycles. The molecule has 6 N–H and O–H groups in total. The molecule has 3 aromatic rings. The molecule has 1 aliphatic heterocycles. The number of hydrogen-bond donors (Lipinski definition) is 6. The van der Waals surface area contributed by atoms with Crippen molar-refractivity contribution < 1.29 is 54.4 Å². The molecule has 41 heavy (non-hydrogen) atoms. The molecule has 0 radical (unpaired) electrons. The van der Waals surface area contributed by atoms with Gasteiger partial charge in [-0.1, -0.05) is 30.4 Å². The summed E-state index contributed by atoms with van der Waals surface area (Å²) in [7, 11) is 1.44. The monoisotopic (exact) mass is 566 g/mol. The first kappa shape index (κ1) is 29.4. The van der Waals surface area contributed by atoms with Crippen LogP contribution in [0.3, 0.4) is 0 Å². The van der Waals surface area contributed by atoms with Crippen molar-refractivity contribution >= 4 is 24.2 Å². The molecule has 1 heterocycles. The summed E-state index contributed by atoms with van der Waals surface area (Å²) in [5.74, 6) is -0.626. The summed E-state index contributed by atoms with van der Waals surface area (Å²) in [6, 6.07) is 15.1. The van der Waals surface area contributed by atoms with Gasteiger partial charge in [-0.15, -0.1) is 0 Å². The summed E-state index contributed by atoms with van der Waals surface area (Å²) in [6.45, 7) is -0.651. The molecule has 0 bridgehead atoms. The summed E-state index contributed by atoms with van der Waals surface area (Å²) in [5.41, 5.74) is 1.74. The lowest BCUT2D eigenvalue weighted by Crippen LogP contribution is -2.61. The second-order valence-corrected chi connectivity index (χ2v) is 9.18. The second kappa shape index (κ2) is 13.2. The number of carbonyl (C=O) groups is 1. The van der Waals surface area contributed by atoms with Gasteiger partial charge in [0.2, 0.25) is 6.29 Å². The fourth-order valence-corrected chi connectivity index (χ4v) is 4.11. The van der Waals surface area contributed by atoms with Gasteiger partial charge >= 0.3 is 5.97 Å². The third-order valence-corrected chi connectivity index (χ3v) is 6.22. The minimum absolute atomic E-state index is 0.0401. The maximum Gasteiger partial charge on any atom is 0.331 e. The fourth-order valence-electron chi connectivity index (χ4n) is 4.11. The largest absolute Gasteiger partial charge is 0.508 e. The highest BCUT2D eigenvalue weighted by Gasteiger charge is 2.47. The molecule has 1 fully saturated rings. The van der Waals surface area contributed by atoms with E-state index in [9.17, 15) is 35.4 Å². The zero-order chi connectivity index (χ0) is 29.5. The minimum Gasteiger partial charge on any atom is -0.508 e. The third kappa shape index (κ3) is 7.56. The van der Waals surface area contributed by atoms with E-state index in [-0.39, 0.29) is 23.0 Å². The third-order valence-electron chi connectivity index (χ3n) is 6.22. The number of aliphatic hydroxyl groups is 3. The number of aromatic hydroxyl groups is 3. The number of methoxy groups -OCH3 is 1. The summed E-state index contributed by atoms with van der Waals surface area (Å²) < 4.78 is 21.8. The van der Waals surface area contributed by atoms with Crippen LogP contribution in [0.4, 0.5) is 0 Å². The summed E-state index contributed by atoms with van der Waals surface area (Å²) >= 11 is 0. The Bertz CT molecular complexity index is 1400. The van der Waals surface area contributed by atoms with Gasteiger partial charge in [0.05, 0.1) is 13.7 Å². The van der Waals surface area contributed by atoms with E-state index < -0.39 is 43.3 Å². The molecule has 11 nitrogen and oxygen atoms in total. The van der Waals surface area contributed by atoms with Crippen molar-refractivity contribution in [3.63, 3.8) is 0 Å². The van der Waals surface area contributed by atoms with Gasteiger partial charge in [-0.3, -0.25) is 0 Å². The first-order valence-electron chi connectivity index (χ1n) is 12.5. The predicted octanol–water partition coefficient (Wildman–Crippen LogP) is 2.43. The first-order valence-corrected chi connectivity index (χ1v) is 12.5. The van der Waals surface area contributed by atoms with E-state index >= 15 is 0 Å². The van der Waals surface area contributed by atoms with E-state index in [4.69, 9.17) is 18.9 Å². The number of ether oxygens (including phenoxy) is 4. The molecule has 11 heteroatoms. The van der Waals surface area contributed by atoms with Crippen LogP contribution in [0.1, 0.15) is 16.7 Å². The molecule has 1 saturated heterocycles. The highest BCUT2D eigenvalue weighted by Crippen LogP contribution is 2.31. The Balaban J connectivity index is 1.53. The van der Waals surface area contributed by atoms with Gasteiger partial charge < -0.3 is 49.6 Å². The molecular formula is C30H30O11. The van der Waals surface area contributed by atoms with Crippen LogP contribution in [0.2, 0.25) is 0 Å². The summed E-state index contributed by atoms with van der Waals surface area (Å²) in [6.07, 6.45) is -1.61. The van der Waals surface area contributed by atoms with Gasteiger partial charge in [-0.2, -0.15) is 0 Å². The Morgan fingerprint density at radius 2 is 1.56 bits per heavy atom. The van der Waals surface area contributed by atoms with Gasteiger partial charge in [0.25, 0.3) is 0 Å². The number of phenolic OH excluding ortho intramolecular Hbond substituents is 3. The van der Waals surface area contributed by atoms with Gasteiger partial charge in [0, 0.05) is 12.1 Å². The molecule has 1 aliphatic rings. The van der Waals surface area contributed by atoms with E-state index in [0.717, 1.165) is 6.08 Å². The van der Waals surface area contributed by atoms with Gasteiger partial charge in [-0.05, 0) is 59.2 Å². The Morgan fingerprint density at radius 3 is 2.24 bits per heavy atom. The van der Waals surface area contributed by atoms with E-state index in [1.165, 1.54) is 49.6 Å². The number of esters is 1. The molecule has 0 unspecified atom stereocenters. The van der Waals surface area contributed by atoms with E-state index in [1.807, 2.05) is 0 Å². The smallest absolute Gasteiger partial charge is 0.331 e. The van der Waals surface area contributed by atoms with Crippen LogP contribution in [0.25, 0.3) is 18.2 Å². The van der Waals surface area contributed by atoms with Crippen molar-refractivity contribution in [3.05, 3.63) is 83.4 Å². The average molecular weight is 567 g/mol. The molecule has 216 valence electrons. The van der Waals surface area contributed by atoms with E-state index in [1.54, 1.807) is 36.4 Å². The van der Waals surface area contributed by atoms with Crippen molar-refractivity contribution in [1.29, 1.82) is 0 Å². The highest BCUT2D eigenvalue weighted by atomic mass is 16.7. The Labute approximate surface area is 235 Å². The normalized spacial score (nSPS) is 22.6. The SMILES string of the molecule is COc1ccc(C=Cc2cc(O)cc(O[C@@H]3O[C@H](CO)[C@@H](O)[C@H](O)[C@H]3OC(=O)C=Cc3ccc(O)cc3)c2)cc1O. The number of carbonyl (C=O) groups excluding carboxylic acids is 1. The zero-order valence-corrected chi connectivity index (χ0v) is 21.9. The van der Waals surface area contributed by atoms with Crippen LogP contribution in [0, 0.1) is 0 Å². The minimum atomic E-state index is -1.67. The first-order chi connectivity index (χ1) is 19.7. The number of aliphatic hydroxyl groups excluding tert-OH is 3. The van der Waals surface area contributed by atoms with Crippen molar-refractivity contribution in [1.82, 2.24) is 0 Å². The maximum atomic E-state index is 12.6. The quantitative estimate of drug-likeness (QED) is 0.127. The van der Waals surface area contributed by atoms with E-state index in [2.05, 4.69) is 0 Å². The lowest BCUT2D eigenvalue weighted by atomic mass is 9.99. The van der Waals surface area contributed by atoms with Crippen molar-refractivity contribution in [2.45, 2.75) is 30.7 Å². The average Bonchev–Trinajstić information content (AvgIpc) is 2.95. The molecule has 0 aromatic heterocycles. The zero-order valence-electron chi connectivity index (χ0n) is 21.9. The second-order valence-electron chi connectivity index (χ2n) is 9.18. The molecule has 4 rings (SSSR count). The van der Waals surface area contributed by atoms with Crippen LogP contribution in [-0.2, 0) is 14.3 Å².